The molecule has 3 aromatic rings. The quantitative estimate of drug-likeness (QED) is 0.412. The summed E-state index contributed by atoms with van der Waals surface area (Å²) >= 11 is 6.20. The zero-order valence-electron chi connectivity index (χ0n) is 19.7. The SMILES string of the molecule is CCCNC(=O)C(Cc1ccccc1)N(Cc1ccc(C)cc1)C(=O)COc1ccccc1Cl. The summed E-state index contributed by atoms with van der Waals surface area (Å²) in [5.41, 5.74) is 3.05. The maximum atomic E-state index is 13.5. The van der Waals surface area contributed by atoms with E-state index in [1.807, 2.05) is 68.4 Å². The third-order valence-corrected chi connectivity index (χ3v) is 5.79. The number of amides is 2. The summed E-state index contributed by atoms with van der Waals surface area (Å²) < 4.78 is 5.74. The minimum absolute atomic E-state index is 0.177. The number of hydrogen-bond donors (Lipinski definition) is 1. The maximum absolute atomic E-state index is 13.5. The summed E-state index contributed by atoms with van der Waals surface area (Å²) in [6, 6.07) is 24.0. The fourth-order valence-corrected chi connectivity index (χ4v) is 3.78. The summed E-state index contributed by atoms with van der Waals surface area (Å²) in [6.45, 7) is 4.64. The fourth-order valence-electron chi connectivity index (χ4n) is 3.59. The summed E-state index contributed by atoms with van der Waals surface area (Å²) in [5.74, 6) is -0.0279. The van der Waals surface area contributed by atoms with E-state index in [0.717, 1.165) is 23.1 Å². The van der Waals surface area contributed by atoms with E-state index in [9.17, 15) is 9.59 Å². The van der Waals surface area contributed by atoms with Gasteiger partial charge in [0.2, 0.25) is 5.91 Å². The summed E-state index contributed by atoms with van der Waals surface area (Å²) in [6.07, 6.45) is 1.21. The molecule has 0 spiro atoms. The van der Waals surface area contributed by atoms with Crippen molar-refractivity contribution in [2.75, 3.05) is 13.2 Å². The predicted molar refractivity (Wildman–Crippen MR) is 136 cm³/mol. The zero-order valence-corrected chi connectivity index (χ0v) is 20.4. The summed E-state index contributed by atoms with van der Waals surface area (Å²) in [7, 11) is 0. The Kier molecular flexibility index (Phi) is 9.53. The van der Waals surface area contributed by atoms with E-state index in [0.29, 0.717) is 30.3 Å². The number of carbonyl (C=O) groups is 2. The van der Waals surface area contributed by atoms with Crippen molar-refractivity contribution in [2.24, 2.45) is 0 Å². The van der Waals surface area contributed by atoms with Gasteiger partial charge in [0, 0.05) is 19.5 Å². The van der Waals surface area contributed by atoms with E-state index in [-0.39, 0.29) is 18.4 Å². The van der Waals surface area contributed by atoms with Crippen LogP contribution < -0.4 is 10.1 Å². The van der Waals surface area contributed by atoms with Gasteiger partial charge in [-0.25, -0.2) is 0 Å². The molecular weight excluding hydrogens is 448 g/mol. The molecule has 0 heterocycles. The first kappa shape index (κ1) is 25.3. The Bertz CT molecular complexity index is 1070. The van der Waals surface area contributed by atoms with E-state index in [1.54, 1.807) is 29.2 Å². The van der Waals surface area contributed by atoms with Crippen LogP contribution in [-0.2, 0) is 22.6 Å². The number of nitrogens with zero attached hydrogens (tertiary/aromatic N) is 1. The second-order valence-electron chi connectivity index (χ2n) is 8.22. The molecule has 0 saturated heterocycles. The third-order valence-electron chi connectivity index (χ3n) is 5.48. The van der Waals surface area contributed by atoms with Gasteiger partial charge in [0.25, 0.3) is 5.91 Å². The molecule has 0 aromatic heterocycles. The van der Waals surface area contributed by atoms with Crippen molar-refractivity contribution in [2.45, 2.75) is 39.3 Å². The molecule has 3 rings (SSSR count). The standard InChI is InChI=1S/C28H31ClN2O3/c1-3-17-30-28(33)25(18-22-9-5-4-6-10-22)31(19-23-15-13-21(2)14-16-23)27(32)20-34-26-12-8-7-11-24(26)29/h4-16,25H,3,17-20H2,1-2H3,(H,30,33). The second kappa shape index (κ2) is 12.8. The van der Waals surface area contributed by atoms with Crippen LogP contribution in [0.25, 0.3) is 0 Å². The lowest BCUT2D eigenvalue weighted by Crippen LogP contribution is -2.51. The maximum Gasteiger partial charge on any atom is 0.261 e. The molecule has 0 radical (unpaired) electrons. The van der Waals surface area contributed by atoms with Crippen LogP contribution in [0, 0.1) is 6.92 Å². The molecule has 34 heavy (non-hydrogen) atoms. The Morgan fingerprint density at radius 1 is 0.941 bits per heavy atom. The van der Waals surface area contributed by atoms with Gasteiger partial charge in [0.1, 0.15) is 11.8 Å². The highest BCUT2D eigenvalue weighted by Crippen LogP contribution is 2.23. The van der Waals surface area contributed by atoms with Crippen molar-refractivity contribution in [3.05, 3.63) is 101 Å². The summed E-state index contributed by atoms with van der Waals surface area (Å²) in [4.78, 5) is 28.4. The molecule has 1 atom stereocenters. The molecule has 6 heteroatoms. The number of benzene rings is 3. The number of hydrogen-bond acceptors (Lipinski definition) is 3. The van der Waals surface area contributed by atoms with Gasteiger partial charge in [0.05, 0.1) is 5.02 Å². The fraction of sp³-hybridized carbons (Fsp3) is 0.286. The van der Waals surface area contributed by atoms with Gasteiger partial charge in [0.15, 0.2) is 6.61 Å². The van der Waals surface area contributed by atoms with E-state index in [1.165, 1.54) is 0 Å². The first-order chi connectivity index (χ1) is 16.5. The number of nitrogens with one attached hydrogen (secondary N) is 1. The number of aryl methyl sites for hydroxylation is 1. The van der Waals surface area contributed by atoms with Crippen LogP contribution in [0.2, 0.25) is 5.02 Å². The van der Waals surface area contributed by atoms with Crippen molar-refractivity contribution in [1.29, 1.82) is 0 Å². The Labute approximate surface area is 206 Å². The lowest BCUT2D eigenvalue weighted by Gasteiger charge is -2.31. The molecule has 1 N–H and O–H groups in total. The van der Waals surface area contributed by atoms with Gasteiger partial charge in [-0.05, 0) is 36.6 Å². The Hall–Kier alpha value is -3.31. The largest absolute Gasteiger partial charge is 0.482 e. The molecule has 178 valence electrons. The molecule has 1 unspecified atom stereocenters. The van der Waals surface area contributed by atoms with Crippen LogP contribution in [0.3, 0.4) is 0 Å². The van der Waals surface area contributed by atoms with Crippen LogP contribution in [-0.4, -0.2) is 35.9 Å². The number of rotatable bonds is 11. The average Bonchev–Trinajstić information content (AvgIpc) is 2.85. The number of ether oxygens (including phenoxy) is 1. The molecule has 0 aliphatic rings. The lowest BCUT2D eigenvalue weighted by molar-refractivity contribution is -0.142. The Morgan fingerprint density at radius 2 is 1.62 bits per heavy atom. The second-order valence-corrected chi connectivity index (χ2v) is 8.63. The predicted octanol–water partition coefficient (Wildman–Crippen LogP) is 5.19. The van der Waals surface area contributed by atoms with Crippen LogP contribution in [0.4, 0.5) is 0 Å². The van der Waals surface area contributed by atoms with Gasteiger partial charge < -0.3 is 15.0 Å². The highest BCUT2D eigenvalue weighted by molar-refractivity contribution is 6.32. The Balaban J connectivity index is 1.89. The van der Waals surface area contributed by atoms with Gasteiger partial charge >= 0.3 is 0 Å². The molecular formula is C28H31ClN2O3. The van der Waals surface area contributed by atoms with Crippen molar-refractivity contribution >= 4 is 23.4 Å². The van der Waals surface area contributed by atoms with Crippen molar-refractivity contribution in [3.63, 3.8) is 0 Å². The topological polar surface area (TPSA) is 58.6 Å². The molecule has 2 amide bonds. The number of para-hydroxylation sites is 1. The summed E-state index contributed by atoms with van der Waals surface area (Å²) in [5, 5.41) is 3.40. The zero-order chi connectivity index (χ0) is 24.3. The highest BCUT2D eigenvalue weighted by atomic mass is 35.5. The van der Waals surface area contributed by atoms with Crippen molar-refractivity contribution in [1.82, 2.24) is 10.2 Å². The Morgan fingerprint density at radius 3 is 2.29 bits per heavy atom. The average molecular weight is 479 g/mol. The van der Waals surface area contributed by atoms with E-state index in [2.05, 4.69) is 5.32 Å². The number of carbonyl (C=O) groups excluding carboxylic acids is 2. The lowest BCUT2D eigenvalue weighted by atomic mass is 10.0. The van der Waals surface area contributed by atoms with Gasteiger partial charge in [-0.3, -0.25) is 9.59 Å². The molecule has 0 saturated carbocycles. The molecule has 5 nitrogen and oxygen atoms in total. The van der Waals surface area contributed by atoms with Gasteiger partial charge in [-0.15, -0.1) is 0 Å². The van der Waals surface area contributed by atoms with E-state index < -0.39 is 6.04 Å². The number of halogens is 1. The minimum Gasteiger partial charge on any atom is -0.482 e. The first-order valence-electron chi connectivity index (χ1n) is 11.5. The van der Waals surface area contributed by atoms with E-state index in [4.69, 9.17) is 16.3 Å². The first-order valence-corrected chi connectivity index (χ1v) is 11.9. The van der Waals surface area contributed by atoms with Crippen molar-refractivity contribution in [3.8, 4) is 5.75 Å². The van der Waals surface area contributed by atoms with Crippen molar-refractivity contribution < 1.29 is 14.3 Å². The minimum atomic E-state index is -0.683. The molecule has 0 aliphatic heterocycles. The third kappa shape index (κ3) is 7.35. The smallest absolute Gasteiger partial charge is 0.261 e. The van der Waals surface area contributed by atoms with Gasteiger partial charge in [-0.1, -0.05) is 90.8 Å². The van der Waals surface area contributed by atoms with E-state index >= 15 is 0 Å². The monoisotopic (exact) mass is 478 g/mol. The van der Waals surface area contributed by atoms with Gasteiger partial charge in [-0.2, -0.15) is 0 Å². The molecule has 0 fully saturated rings. The highest BCUT2D eigenvalue weighted by Gasteiger charge is 2.30. The molecule has 0 aliphatic carbocycles. The van der Waals surface area contributed by atoms with Crippen LogP contribution in [0.15, 0.2) is 78.9 Å². The van der Waals surface area contributed by atoms with Crippen LogP contribution >= 0.6 is 11.6 Å². The molecule has 3 aromatic carbocycles. The van der Waals surface area contributed by atoms with Crippen LogP contribution in [0.5, 0.6) is 5.75 Å². The van der Waals surface area contributed by atoms with Crippen LogP contribution in [0.1, 0.15) is 30.0 Å². The molecule has 0 bridgehead atoms. The normalized spacial score (nSPS) is 11.5.